The third kappa shape index (κ3) is 4.02. The fraction of sp³-hybridized carbons (Fsp3) is 0.680. The third-order valence-electron chi connectivity index (χ3n) is 8.12. The molecule has 0 amide bonds. The number of rotatable bonds is 4. The fourth-order valence-electron chi connectivity index (χ4n) is 5.76. The summed E-state index contributed by atoms with van der Waals surface area (Å²) in [6, 6.07) is 10.4. The zero-order valence-corrected chi connectivity index (χ0v) is 17.5. The molecule has 5 rings (SSSR count). The summed E-state index contributed by atoms with van der Waals surface area (Å²) in [5.74, 6) is 0. The van der Waals surface area contributed by atoms with Crippen molar-refractivity contribution in [2.24, 2.45) is 5.41 Å². The summed E-state index contributed by atoms with van der Waals surface area (Å²) >= 11 is 0. The average molecular weight is 380 g/mol. The first-order valence-electron chi connectivity index (χ1n) is 11.8. The highest BCUT2D eigenvalue weighted by atomic mass is 15.2. The van der Waals surface area contributed by atoms with Crippen LogP contribution in [0.3, 0.4) is 0 Å². The van der Waals surface area contributed by atoms with E-state index in [9.17, 15) is 0 Å². The van der Waals surface area contributed by atoms with Crippen LogP contribution in [-0.4, -0.2) is 55.1 Å². The Kier molecular flexibility index (Phi) is 5.47. The minimum atomic E-state index is 0.651. The van der Waals surface area contributed by atoms with E-state index in [0.29, 0.717) is 5.41 Å². The second-order valence-corrected chi connectivity index (χ2v) is 9.77. The van der Waals surface area contributed by atoms with Gasteiger partial charge in [-0.05, 0) is 81.1 Å². The molecule has 2 saturated heterocycles. The van der Waals surface area contributed by atoms with E-state index < -0.39 is 0 Å². The van der Waals surface area contributed by atoms with Crippen molar-refractivity contribution in [3.8, 4) is 0 Å². The Morgan fingerprint density at radius 1 is 0.821 bits per heavy atom. The van der Waals surface area contributed by atoms with Crippen LogP contribution in [-0.2, 0) is 6.54 Å². The molecule has 28 heavy (non-hydrogen) atoms. The van der Waals surface area contributed by atoms with Gasteiger partial charge in [0.2, 0.25) is 0 Å². The Balaban J connectivity index is 1.12. The van der Waals surface area contributed by atoms with E-state index in [1.165, 1.54) is 95.3 Å². The van der Waals surface area contributed by atoms with Crippen LogP contribution in [0.1, 0.15) is 56.9 Å². The van der Waals surface area contributed by atoms with E-state index in [-0.39, 0.29) is 0 Å². The lowest BCUT2D eigenvalue weighted by Gasteiger charge is -2.50. The summed E-state index contributed by atoms with van der Waals surface area (Å²) < 4.78 is 0. The number of benzene rings is 1. The Morgan fingerprint density at radius 2 is 1.54 bits per heavy atom. The van der Waals surface area contributed by atoms with E-state index in [0.717, 1.165) is 19.1 Å². The quantitative estimate of drug-likeness (QED) is 0.703. The second kappa shape index (κ2) is 8.20. The van der Waals surface area contributed by atoms with Crippen LogP contribution < -0.4 is 4.90 Å². The minimum Gasteiger partial charge on any atom is -0.371 e. The molecule has 152 valence electrons. The van der Waals surface area contributed by atoms with Crippen LogP contribution in [0.25, 0.3) is 0 Å². The van der Waals surface area contributed by atoms with Crippen LogP contribution in [0.4, 0.5) is 5.69 Å². The van der Waals surface area contributed by atoms with Gasteiger partial charge in [0.25, 0.3) is 0 Å². The number of anilines is 1. The maximum absolute atomic E-state index is 2.80. The highest BCUT2D eigenvalue weighted by Crippen LogP contribution is 2.43. The van der Waals surface area contributed by atoms with Gasteiger partial charge in [0, 0.05) is 44.5 Å². The van der Waals surface area contributed by atoms with E-state index in [1.807, 2.05) is 0 Å². The topological polar surface area (TPSA) is 9.72 Å². The van der Waals surface area contributed by atoms with Gasteiger partial charge >= 0.3 is 0 Å². The van der Waals surface area contributed by atoms with Crippen molar-refractivity contribution >= 4 is 5.69 Å². The number of hydrogen-bond donors (Lipinski definition) is 0. The SMILES string of the molecule is C1=CCN(Cc2ccc(N3CCC4(CC3)CCN(C3CCC3)CC4)cc2)CC1. The predicted octanol–water partition coefficient (Wildman–Crippen LogP) is 4.68. The molecule has 4 aliphatic rings. The maximum atomic E-state index is 2.80. The van der Waals surface area contributed by atoms with Crippen LogP contribution in [0.15, 0.2) is 36.4 Å². The molecule has 0 atom stereocenters. The second-order valence-electron chi connectivity index (χ2n) is 9.77. The van der Waals surface area contributed by atoms with Gasteiger partial charge in [-0.3, -0.25) is 4.90 Å². The summed E-state index contributed by atoms with van der Waals surface area (Å²) in [5, 5.41) is 0. The van der Waals surface area contributed by atoms with Gasteiger partial charge < -0.3 is 9.80 Å². The summed E-state index contributed by atoms with van der Waals surface area (Å²) in [6.45, 7) is 8.62. The molecule has 0 N–H and O–H groups in total. The molecular formula is C25H37N3. The fourth-order valence-corrected chi connectivity index (χ4v) is 5.76. The molecule has 3 heterocycles. The Bertz CT molecular complexity index is 658. The van der Waals surface area contributed by atoms with Gasteiger partial charge in [-0.2, -0.15) is 0 Å². The van der Waals surface area contributed by atoms with Crippen molar-refractivity contribution in [1.29, 1.82) is 0 Å². The smallest absolute Gasteiger partial charge is 0.0366 e. The molecule has 1 saturated carbocycles. The number of piperidine rings is 2. The first kappa shape index (κ1) is 18.7. The van der Waals surface area contributed by atoms with Crippen molar-refractivity contribution in [3.63, 3.8) is 0 Å². The zero-order chi connectivity index (χ0) is 18.8. The van der Waals surface area contributed by atoms with Crippen LogP contribution in [0.2, 0.25) is 0 Å². The maximum Gasteiger partial charge on any atom is 0.0366 e. The highest BCUT2D eigenvalue weighted by molar-refractivity contribution is 5.48. The number of nitrogens with zero attached hydrogens (tertiary/aromatic N) is 3. The molecule has 1 aromatic rings. The van der Waals surface area contributed by atoms with E-state index in [2.05, 4.69) is 51.1 Å². The van der Waals surface area contributed by atoms with Crippen molar-refractivity contribution in [1.82, 2.24) is 9.80 Å². The van der Waals surface area contributed by atoms with E-state index >= 15 is 0 Å². The molecule has 0 radical (unpaired) electrons. The van der Waals surface area contributed by atoms with Gasteiger partial charge in [0.15, 0.2) is 0 Å². The highest BCUT2D eigenvalue weighted by Gasteiger charge is 2.39. The molecule has 3 fully saturated rings. The first-order valence-corrected chi connectivity index (χ1v) is 11.8. The van der Waals surface area contributed by atoms with Crippen molar-refractivity contribution in [2.45, 2.75) is 64.0 Å². The number of likely N-dealkylation sites (tertiary alicyclic amines) is 1. The molecule has 1 aliphatic carbocycles. The van der Waals surface area contributed by atoms with Gasteiger partial charge in [-0.1, -0.05) is 30.7 Å². The van der Waals surface area contributed by atoms with Crippen LogP contribution >= 0.6 is 0 Å². The molecule has 0 unspecified atom stereocenters. The van der Waals surface area contributed by atoms with Gasteiger partial charge in [-0.15, -0.1) is 0 Å². The summed E-state index contributed by atoms with van der Waals surface area (Å²) in [7, 11) is 0. The monoisotopic (exact) mass is 379 g/mol. The van der Waals surface area contributed by atoms with Gasteiger partial charge in [0.1, 0.15) is 0 Å². The minimum absolute atomic E-state index is 0.651. The Morgan fingerprint density at radius 3 is 2.14 bits per heavy atom. The third-order valence-corrected chi connectivity index (χ3v) is 8.12. The van der Waals surface area contributed by atoms with Crippen molar-refractivity contribution < 1.29 is 0 Å². The zero-order valence-electron chi connectivity index (χ0n) is 17.5. The van der Waals surface area contributed by atoms with Gasteiger partial charge in [0.05, 0.1) is 0 Å². The largest absolute Gasteiger partial charge is 0.371 e. The number of hydrogen-bond acceptors (Lipinski definition) is 3. The lowest BCUT2D eigenvalue weighted by atomic mass is 9.70. The standard InChI is InChI=1S/C25H37N3/c1-2-15-26(16-3-1)21-22-7-9-24(10-8-22)28-19-13-25(14-20-28)11-17-27(18-12-25)23-5-4-6-23/h1-2,7-10,23H,3-6,11-21H2. The van der Waals surface area contributed by atoms with Crippen molar-refractivity contribution in [3.05, 3.63) is 42.0 Å². The van der Waals surface area contributed by atoms with Gasteiger partial charge in [-0.25, -0.2) is 0 Å². The molecular weight excluding hydrogens is 342 g/mol. The molecule has 0 aromatic heterocycles. The summed E-state index contributed by atoms with van der Waals surface area (Å²) in [5.41, 5.74) is 3.54. The average Bonchev–Trinajstić information content (AvgIpc) is 2.71. The molecule has 0 bridgehead atoms. The van der Waals surface area contributed by atoms with E-state index in [4.69, 9.17) is 0 Å². The molecule has 3 nitrogen and oxygen atoms in total. The molecule has 3 aliphatic heterocycles. The molecule has 1 aromatic carbocycles. The Labute approximate surface area is 171 Å². The van der Waals surface area contributed by atoms with Crippen LogP contribution in [0.5, 0.6) is 0 Å². The Hall–Kier alpha value is -1.32. The molecule has 3 heteroatoms. The summed E-state index contributed by atoms with van der Waals surface area (Å²) in [4.78, 5) is 7.98. The normalized spacial score (nSPS) is 26.5. The lowest BCUT2D eigenvalue weighted by molar-refractivity contribution is 0.0306. The lowest BCUT2D eigenvalue weighted by Crippen LogP contribution is -2.50. The van der Waals surface area contributed by atoms with Crippen LogP contribution in [0, 0.1) is 5.41 Å². The van der Waals surface area contributed by atoms with E-state index in [1.54, 1.807) is 0 Å². The molecule has 1 spiro atoms. The summed E-state index contributed by atoms with van der Waals surface area (Å²) in [6.07, 6.45) is 15.9. The predicted molar refractivity (Wildman–Crippen MR) is 118 cm³/mol. The first-order chi connectivity index (χ1) is 13.8. The van der Waals surface area contributed by atoms with Crippen molar-refractivity contribution in [2.75, 3.05) is 44.2 Å².